The molecule has 4 heterocycles. The van der Waals surface area contributed by atoms with Crippen molar-refractivity contribution in [1.29, 1.82) is 0 Å². The molecule has 2 aromatic heterocycles. The Morgan fingerprint density at radius 2 is 1.59 bits per heavy atom. The number of morpholine rings is 2. The molecule has 0 atom stereocenters. The van der Waals surface area contributed by atoms with E-state index >= 15 is 0 Å². The SMILES string of the molecule is Cc1ncc(NC(=O)OCC(Cl)(Cl)Cl)cc1-c1cc(N2CCOCC2)nc(N2CCOCC2)c1. The van der Waals surface area contributed by atoms with Crippen molar-refractivity contribution >= 4 is 58.2 Å². The number of nitrogens with one attached hydrogen (secondary N) is 1. The minimum atomic E-state index is -1.68. The Hall–Kier alpha value is -2.04. The summed E-state index contributed by atoms with van der Waals surface area (Å²) in [7, 11) is 0. The molecule has 2 aliphatic heterocycles. The van der Waals surface area contributed by atoms with Crippen molar-refractivity contribution < 1.29 is 19.0 Å². The third-order valence-corrected chi connectivity index (χ3v) is 5.81. The van der Waals surface area contributed by atoms with Crippen molar-refractivity contribution in [3.63, 3.8) is 0 Å². The van der Waals surface area contributed by atoms with Gasteiger partial charge in [-0.15, -0.1) is 0 Å². The van der Waals surface area contributed by atoms with Crippen LogP contribution in [0.5, 0.6) is 0 Å². The number of hydrogen-bond donors (Lipinski definition) is 1. The number of hydrogen-bond acceptors (Lipinski definition) is 8. The number of carbonyl (C=O) groups is 1. The first kappa shape index (κ1) is 25.1. The van der Waals surface area contributed by atoms with Gasteiger partial charge in [0.1, 0.15) is 18.2 Å². The van der Waals surface area contributed by atoms with E-state index in [0.717, 1.165) is 54.6 Å². The fourth-order valence-electron chi connectivity index (χ4n) is 3.76. The standard InChI is InChI=1S/C22H26Cl3N5O4/c1-15-18(12-17(13-26-15)27-21(31)34-14-22(23,24)25)16-10-19(29-2-6-32-7-3-29)28-20(11-16)30-4-8-33-9-5-30/h10-13H,2-9,14H2,1H3,(H,27,31). The predicted octanol–water partition coefficient (Wildman–Crippen LogP) is 4.04. The Morgan fingerprint density at radius 1 is 1.03 bits per heavy atom. The molecule has 0 bridgehead atoms. The van der Waals surface area contributed by atoms with E-state index in [-0.39, 0.29) is 6.61 Å². The van der Waals surface area contributed by atoms with Gasteiger partial charge < -0.3 is 24.0 Å². The molecule has 1 amide bonds. The second-order valence-corrected chi connectivity index (χ2v) is 10.5. The van der Waals surface area contributed by atoms with E-state index in [1.807, 2.05) is 25.1 Å². The third kappa shape index (κ3) is 6.76. The molecule has 2 fully saturated rings. The molecule has 4 rings (SSSR count). The van der Waals surface area contributed by atoms with Crippen LogP contribution in [0, 0.1) is 6.92 Å². The number of rotatable bonds is 5. The zero-order valence-electron chi connectivity index (χ0n) is 18.7. The van der Waals surface area contributed by atoms with Gasteiger partial charge in [0.05, 0.1) is 38.3 Å². The maximum absolute atomic E-state index is 12.1. The Bertz CT molecular complexity index is 972. The van der Waals surface area contributed by atoms with Crippen molar-refractivity contribution in [3.05, 3.63) is 30.1 Å². The van der Waals surface area contributed by atoms with Crippen LogP contribution in [0.4, 0.5) is 22.1 Å². The number of aryl methyl sites for hydroxylation is 1. The largest absolute Gasteiger partial charge is 0.445 e. The molecule has 12 heteroatoms. The van der Waals surface area contributed by atoms with Gasteiger partial charge in [-0.3, -0.25) is 10.3 Å². The maximum atomic E-state index is 12.1. The van der Waals surface area contributed by atoms with Gasteiger partial charge in [0.15, 0.2) is 0 Å². The monoisotopic (exact) mass is 529 g/mol. The van der Waals surface area contributed by atoms with Crippen molar-refractivity contribution in [3.8, 4) is 11.1 Å². The predicted molar refractivity (Wildman–Crippen MR) is 134 cm³/mol. The lowest BCUT2D eigenvalue weighted by atomic mass is 10.0. The summed E-state index contributed by atoms with van der Waals surface area (Å²) in [5.74, 6) is 1.75. The van der Waals surface area contributed by atoms with Crippen LogP contribution in [0.15, 0.2) is 24.4 Å². The van der Waals surface area contributed by atoms with Gasteiger partial charge in [0, 0.05) is 37.4 Å². The number of alkyl halides is 3. The number of nitrogens with zero attached hydrogens (tertiary/aromatic N) is 4. The summed E-state index contributed by atoms with van der Waals surface area (Å²) in [4.78, 5) is 26.0. The Balaban J connectivity index is 1.63. The summed E-state index contributed by atoms with van der Waals surface area (Å²) in [6, 6.07) is 5.94. The quantitative estimate of drug-likeness (QED) is 0.580. The molecule has 2 saturated heterocycles. The fourth-order valence-corrected chi connectivity index (χ4v) is 3.92. The Labute approximate surface area is 213 Å². The first-order valence-electron chi connectivity index (χ1n) is 10.9. The second-order valence-electron chi connectivity index (χ2n) is 7.94. The molecule has 0 unspecified atom stereocenters. The third-order valence-electron chi connectivity index (χ3n) is 5.48. The molecule has 2 aliphatic rings. The molecule has 0 spiro atoms. The van der Waals surface area contributed by atoms with Gasteiger partial charge in [0.2, 0.25) is 3.79 Å². The van der Waals surface area contributed by atoms with E-state index in [0.29, 0.717) is 32.1 Å². The summed E-state index contributed by atoms with van der Waals surface area (Å²) in [6.45, 7) is 7.28. The number of amides is 1. The highest BCUT2D eigenvalue weighted by Gasteiger charge is 2.23. The maximum Gasteiger partial charge on any atom is 0.411 e. The lowest BCUT2D eigenvalue weighted by molar-refractivity contribution is 0.121. The number of ether oxygens (including phenoxy) is 3. The van der Waals surface area contributed by atoms with Gasteiger partial charge >= 0.3 is 6.09 Å². The van der Waals surface area contributed by atoms with Gasteiger partial charge in [-0.05, 0) is 30.7 Å². The molecular weight excluding hydrogens is 505 g/mol. The van der Waals surface area contributed by atoms with E-state index in [9.17, 15) is 4.79 Å². The van der Waals surface area contributed by atoms with Crippen LogP contribution < -0.4 is 15.1 Å². The second kappa shape index (κ2) is 11.1. The molecule has 184 valence electrons. The van der Waals surface area contributed by atoms with E-state index in [1.165, 1.54) is 0 Å². The summed E-state index contributed by atoms with van der Waals surface area (Å²) < 4.78 is 14.3. The van der Waals surface area contributed by atoms with Gasteiger partial charge in [-0.25, -0.2) is 9.78 Å². The van der Waals surface area contributed by atoms with Gasteiger partial charge in [-0.1, -0.05) is 34.8 Å². The molecule has 34 heavy (non-hydrogen) atoms. The Morgan fingerprint density at radius 3 is 2.12 bits per heavy atom. The summed E-state index contributed by atoms with van der Waals surface area (Å²) >= 11 is 16.9. The van der Waals surface area contributed by atoms with Crippen LogP contribution in [-0.2, 0) is 14.2 Å². The molecule has 9 nitrogen and oxygen atoms in total. The number of halogens is 3. The van der Waals surface area contributed by atoms with Crippen LogP contribution >= 0.6 is 34.8 Å². The smallest absolute Gasteiger partial charge is 0.411 e. The number of aromatic nitrogens is 2. The average Bonchev–Trinajstić information content (AvgIpc) is 2.84. The average molecular weight is 531 g/mol. The van der Waals surface area contributed by atoms with Gasteiger partial charge in [0.25, 0.3) is 0 Å². The van der Waals surface area contributed by atoms with E-state index in [2.05, 4.69) is 20.1 Å². The Kier molecular flexibility index (Phi) is 8.21. The molecular formula is C22H26Cl3N5O4. The van der Waals surface area contributed by atoms with Crippen molar-refractivity contribution in [2.24, 2.45) is 0 Å². The fraction of sp³-hybridized carbons (Fsp3) is 0.500. The first-order chi connectivity index (χ1) is 16.3. The van der Waals surface area contributed by atoms with Crippen LogP contribution in [0.3, 0.4) is 0 Å². The number of anilines is 3. The zero-order chi connectivity index (χ0) is 24.1. The molecule has 0 aromatic carbocycles. The highest BCUT2D eigenvalue weighted by atomic mass is 35.6. The lowest BCUT2D eigenvalue weighted by Gasteiger charge is -2.32. The van der Waals surface area contributed by atoms with Crippen molar-refractivity contribution in [2.45, 2.75) is 10.7 Å². The first-order valence-corrected chi connectivity index (χ1v) is 12.1. The summed E-state index contributed by atoms with van der Waals surface area (Å²) in [6.07, 6.45) is 0.822. The van der Waals surface area contributed by atoms with Crippen molar-refractivity contribution in [2.75, 3.05) is 74.3 Å². The highest BCUT2D eigenvalue weighted by molar-refractivity contribution is 6.67. The van der Waals surface area contributed by atoms with Crippen LogP contribution in [0.1, 0.15) is 5.69 Å². The summed E-state index contributed by atoms with van der Waals surface area (Å²) in [5, 5.41) is 2.64. The topological polar surface area (TPSA) is 89.0 Å². The van der Waals surface area contributed by atoms with Crippen LogP contribution in [-0.4, -0.2) is 79.1 Å². The van der Waals surface area contributed by atoms with E-state index in [4.69, 9.17) is 54.0 Å². The number of carbonyl (C=O) groups excluding carboxylic acids is 1. The van der Waals surface area contributed by atoms with E-state index < -0.39 is 9.89 Å². The normalized spacial score (nSPS) is 16.9. The molecule has 1 N–H and O–H groups in total. The van der Waals surface area contributed by atoms with Crippen LogP contribution in [0.2, 0.25) is 0 Å². The summed E-state index contributed by atoms with van der Waals surface area (Å²) in [5.41, 5.74) is 3.09. The molecule has 0 radical (unpaired) electrons. The minimum absolute atomic E-state index is 0.369. The molecule has 0 saturated carbocycles. The minimum Gasteiger partial charge on any atom is -0.445 e. The lowest BCUT2D eigenvalue weighted by Crippen LogP contribution is -2.39. The molecule has 2 aromatic rings. The van der Waals surface area contributed by atoms with Gasteiger partial charge in [-0.2, -0.15) is 0 Å². The van der Waals surface area contributed by atoms with E-state index in [1.54, 1.807) is 6.20 Å². The zero-order valence-corrected chi connectivity index (χ0v) is 21.0. The molecule has 0 aliphatic carbocycles. The highest BCUT2D eigenvalue weighted by Crippen LogP contribution is 2.32. The number of pyridine rings is 2. The van der Waals surface area contributed by atoms with Crippen molar-refractivity contribution in [1.82, 2.24) is 9.97 Å². The van der Waals surface area contributed by atoms with Crippen LogP contribution in [0.25, 0.3) is 11.1 Å².